The molecule has 0 amide bonds. The molecular formula is C14H30N2O. The first-order valence-electron chi connectivity index (χ1n) is 6.91. The third-order valence-electron chi connectivity index (χ3n) is 3.84. The SMILES string of the molecule is CN(CCC(N)C(C)(C)C)CC1CCOCC1. The molecule has 0 radical (unpaired) electrons. The number of rotatable bonds is 5. The second-order valence-corrected chi connectivity index (χ2v) is 6.58. The molecule has 1 aliphatic rings. The van der Waals surface area contributed by atoms with Crippen LogP contribution in [0.1, 0.15) is 40.0 Å². The Morgan fingerprint density at radius 1 is 1.29 bits per heavy atom. The van der Waals surface area contributed by atoms with Gasteiger partial charge in [-0.2, -0.15) is 0 Å². The summed E-state index contributed by atoms with van der Waals surface area (Å²) in [6.45, 7) is 10.8. The molecule has 0 aromatic heterocycles. The summed E-state index contributed by atoms with van der Waals surface area (Å²) >= 11 is 0. The average Bonchev–Trinajstić information content (AvgIpc) is 2.26. The van der Waals surface area contributed by atoms with Crippen molar-refractivity contribution in [2.45, 2.75) is 46.1 Å². The standard InChI is InChI=1S/C14H30N2O/c1-14(2,3)13(15)5-8-16(4)11-12-6-9-17-10-7-12/h12-13H,5-11,15H2,1-4H3. The smallest absolute Gasteiger partial charge is 0.0469 e. The molecule has 0 aromatic carbocycles. The van der Waals surface area contributed by atoms with E-state index >= 15 is 0 Å². The normalized spacial score (nSPS) is 20.8. The van der Waals surface area contributed by atoms with Gasteiger partial charge < -0.3 is 15.4 Å². The van der Waals surface area contributed by atoms with Gasteiger partial charge in [-0.1, -0.05) is 20.8 Å². The maximum Gasteiger partial charge on any atom is 0.0469 e. The van der Waals surface area contributed by atoms with E-state index < -0.39 is 0 Å². The molecule has 1 rings (SSSR count). The summed E-state index contributed by atoms with van der Waals surface area (Å²) in [6, 6.07) is 0.291. The van der Waals surface area contributed by atoms with Crippen molar-refractivity contribution < 1.29 is 4.74 Å². The quantitative estimate of drug-likeness (QED) is 0.802. The molecule has 17 heavy (non-hydrogen) atoms. The highest BCUT2D eigenvalue weighted by atomic mass is 16.5. The monoisotopic (exact) mass is 242 g/mol. The minimum Gasteiger partial charge on any atom is -0.381 e. The molecule has 102 valence electrons. The van der Waals surface area contributed by atoms with Gasteiger partial charge in [-0.25, -0.2) is 0 Å². The van der Waals surface area contributed by atoms with Gasteiger partial charge in [0.05, 0.1) is 0 Å². The Bertz CT molecular complexity index is 207. The third kappa shape index (κ3) is 5.84. The van der Waals surface area contributed by atoms with Crippen molar-refractivity contribution in [2.75, 3.05) is 33.4 Å². The maximum absolute atomic E-state index is 6.19. The van der Waals surface area contributed by atoms with Crippen LogP contribution in [-0.4, -0.2) is 44.3 Å². The molecule has 0 aromatic rings. The van der Waals surface area contributed by atoms with Gasteiger partial charge >= 0.3 is 0 Å². The average molecular weight is 242 g/mol. The summed E-state index contributed by atoms with van der Waals surface area (Å²) in [5, 5.41) is 0. The lowest BCUT2D eigenvalue weighted by atomic mass is 9.85. The summed E-state index contributed by atoms with van der Waals surface area (Å²) in [4.78, 5) is 2.43. The van der Waals surface area contributed by atoms with Crippen molar-refractivity contribution in [3.63, 3.8) is 0 Å². The molecule has 0 aliphatic carbocycles. The maximum atomic E-state index is 6.19. The Hall–Kier alpha value is -0.120. The Morgan fingerprint density at radius 2 is 1.88 bits per heavy atom. The molecule has 0 saturated carbocycles. The number of nitrogens with zero attached hydrogens (tertiary/aromatic N) is 1. The van der Waals surface area contributed by atoms with Crippen LogP contribution >= 0.6 is 0 Å². The lowest BCUT2D eigenvalue weighted by Gasteiger charge is -2.31. The zero-order valence-electron chi connectivity index (χ0n) is 12.0. The Labute approximate surface area is 107 Å². The Kier molecular flexibility index (Phi) is 5.90. The van der Waals surface area contributed by atoms with E-state index in [2.05, 4.69) is 32.7 Å². The number of hydrogen-bond acceptors (Lipinski definition) is 3. The minimum absolute atomic E-state index is 0.222. The molecule has 1 fully saturated rings. The predicted molar refractivity (Wildman–Crippen MR) is 73.1 cm³/mol. The molecule has 1 atom stereocenters. The lowest BCUT2D eigenvalue weighted by molar-refractivity contribution is 0.0550. The van der Waals surface area contributed by atoms with Gasteiger partial charge in [0.25, 0.3) is 0 Å². The van der Waals surface area contributed by atoms with Crippen molar-refractivity contribution in [1.82, 2.24) is 4.90 Å². The molecule has 1 heterocycles. The lowest BCUT2D eigenvalue weighted by Crippen LogP contribution is -2.39. The largest absolute Gasteiger partial charge is 0.381 e. The molecule has 2 N–H and O–H groups in total. The topological polar surface area (TPSA) is 38.5 Å². The molecule has 3 heteroatoms. The van der Waals surface area contributed by atoms with E-state index in [-0.39, 0.29) is 5.41 Å². The van der Waals surface area contributed by atoms with Crippen LogP contribution in [0.5, 0.6) is 0 Å². The van der Waals surface area contributed by atoms with Gasteiger partial charge in [0, 0.05) is 25.8 Å². The van der Waals surface area contributed by atoms with Gasteiger partial charge in [-0.15, -0.1) is 0 Å². The van der Waals surface area contributed by atoms with Gasteiger partial charge in [-0.3, -0.25) is 0 Å². The van der Waals surface area contributed by atoms with Crippen LogP contribution < -0.4 is 5.73 Å². The fraction of sp³-hybridized carbons (Fsp3) is 1.00. The summed E-state index contributed by atoms with van der Waals surface area (Å²) in [5.41, 5.74) is 6.41. The fourth-order valence-electron chi connectivity index (χ4n) is 2.25. The van der Waals surface area contributed by atoms with Crippen molar-refractivity contribution in [3.8, 4) is 0 Å². The van der Waals surface area contributed by atoms with E-state index in [1.807, 2.05) is 0 Å². The molecule has 1 saturated heterocycles. The predicted octanol–water partition coefficient (Wildman–Crippen LogP) is 2.11. The third-order valence-corrected chi connectivity index (χ3v) is 3.84. The fourth-order valence-corrected chi connectivity index (χ4v) is 2.25. The molecule has 1 aliphatic heterocycles. The summed E-state index contributed by atoms with van der Waals surface area (Å²) in [5.74, 6) is 0.819. The van der Waals surface area contributed by atoms with Crippen LogP contribution in [0.2, 0.25) is 0 Å². The molecule has 1 unspecified atom stereocenters. The summed E-state index contributed by atoms with van der Waals surface area (Å²) < 4.78 is 5.39. The Balaban J connectivity index is 2.18. The minimum atomic E-state index is 0.222. The van der Waals surface area contributed by atoms with E-state index in [9.17, 15) is 0 Å². The zero-order valence-corrected chi connectivity index (χ0v) is 12.0. The number of nitrogens with two attached hydrogens (primary N) is 1. The van der Waals surface area contributed by atoms with Crippen LogP contribution in [0, 0.1) is 11.3 Å². The molecular weight excluding hydrogens is 212 g/mol. The van der Waals surface area contributed by atoms with Crippen molar-refractivity contribution in [1.29, 1.82) is 0 Å². The van der Waals surface area contributed by atoms with Crippen molar-refractivity contribution in [3.05, 3.63) is 0 Å². The molecule has 0 bridgehead atoms. The van der Waals surface area contributed by atoms with Crippen LogP contribution in [0.15, 0.2) is 0 Å². The first kappa shape index (κ1) is 14.9. The molecule has 3 nitrogen and oxygen atoms in total. The van der Waals surface area contributed by atoms with E-state index in [1.165, 1.54) is 19.4 Å². The van der Waals surface area contributed by atoms with Gasteiger partial charge in [-0.05, 0) is 44.2 Å². The highest BCUT2D eigenvalue weighted by Crippen LogP contribution is 2.20. The van der Waals surface area contributed by atoms with Crippen LogP contribution in [0.3, 0.4) is 0 Å². The first-order valence-corrected chi connectivity index (χ1v) is 6.91. The van der Waals surface area contributed by atoms with Gasteiger partial charge in [0.1, 0.15) is 0 Å². The van der Waals surface area contributed by atoms with E-state index in [0.29, 0.717) is 6.04 Å². The number of hydrogen-bond donors (Lipinski definition) is 1. The summed E-state index contributed by atoms with van der Waals surface area (Å²) in [6.07, 6.45) is 3.52. The van der Waals surface area contributed by atoms with Crippen molar-refractivity contribution in [2.24, 2.45) is 17.1 Å². The molecule has 0 spiro atoms. The van der Waals surface area contributed by atoms with E-state index in [4.69, 9.17) is 10.5 Å². The van der Waals surface area contributed by atoms with E-state index in [0.717, 1.165) is 32.1 Å². The van der Waals surface area contributed by atoms with Gasteiger partial charge in [0.15, 0.2) is 0 Å². The second kappa shape index (κ2) is 6.72. The van der Waals surface area contributed by atoms with Crippen LogP contribution in [-0.2, 0) is 4.74 Å². The Morgan fingerprint density at radius 3 is 2.41 bits per heavy atom. The van der Waals surface area contributed by atoms with Crippen molar-refractivity contribution >= 4 is 0 Å². The highest BCUT2D eigenvalue weighted by molar-refractivity contribution is 4.78. The summed E-state index contributed by atoms with van der Waals surface area (Å²) in [7, 11) is 2.21. The van der Waals surface area contributed by atoms with Gasteiger partial charge in [0.2, 0.25) is 0 Å². The number of ether oxygens (including phenoxy) is 1. The highest BCUT2D eigenvalue weighted by Gasteiger charge is 2.21. The van der Waals surface area contributed by atoms with Crippen LogP contribution in [0.4, 0.5) is 0 Å². The zero-order chi connectivity index (χ0) is 12.9. The van der Waals surface area contributed by atoms with Crippen LogP contribution in [0.25, 0.3) is 0 Å². The van der Waals surface area contributed by atoms with E-state index in [1.54, 1.807) is 0 Å². The second-order valence-electron chi connectivity index (χ2n) is 6.58. The first-order chi connectivity index (χ1) is 7.89.